The SMILES string of the molecule is CNc1nc(OCC(F)F)c(C(=O)NC2CCC(C(F)(F)F)CC2)cc1N(C(N)=S)c1cc(CCC(C)(C)C(N)=O)ccc1Cl. The average Bonchev–Trinajstić information content (AvgIpc) is 2.96. The number of carbonyl (C=O) groups is 2. The second-order valence-corrected chi connectivity index (χ2v) is 12.3. The Bertz CT molecular complexity index is 1400. The molecule has 1 aromatic carbocycles. The summed E-state index contributed by atoms with van der Waals surface area (Å²) in [5, 5.41) is 5.52. The summed E-state index contributed by atoms with van der Waals surface area (Å²) in [6.07, 6.45) is -6.52. The number of hydrogen-bond acceptors (Lipinski definition) is 6. The van der Waals surface area contributed by atoms with Crippen molar-refractivity contribution in [3.63, 3.8) is 0 Å². The van der Waals surface area contributed by atoms with E-state index in [-0.39, 0.29) is 52.9 Å². The van der Waals surface area contributed by atoms with Gasteiger partial charge in [0.2, 0.25) is 11.8 Å². The summed E-state index contributed by atoms with van der Waals surface area (Å²) in [6, 6.07) is 5.75. The predicted molar refractivity (Wildman–Crippen MR) is 166 cm³/mol. The van der Waals surface area contributed by atoms with Crippen LogP contribution in [0.2, 0.25) is 5.02 Å². The fourth-order valence-corrected chi connectivity index (χ4v) is 5.31. The Morgan fingerprint density at radius 1 is 1.13 bits per heavy atom. The van der Waals surface area contributed by atoms with Crippen LogP contribution in [-0.2, 0) is 11.2 Å². The molecule has 0 atom stereocenters. The second-order valence-electron chi connectivity index (χ2n) is 11.4. The number of primary amides is 1. The Kier molecular flexibility index (Phi) is 11.8. The Morgan fingerprint density at radius 3 is 2.31 bits per heavy atom. The van der Waals surface area contributed by atoms with Crippen molar-refractivity contribution >= 4 is 57.9 Å². The van der Waals surface area contributed by atoms with E-state index in [4.69, 9.17) is 40.0 Å². The lowest BCUT2D eigenvalue weighted by molar-refractivity contribution is -0.182. The fourth-order valence-electron chi connectivity index (χ4n) is 4.92. The molecule has 1 aromatic heterocycles. The smallest absolute Gasteiger partial charge is 0.391 e. The zero-order valence-electron chi connectivity index (χ0n) is 24.9. The summed E-state index contributed by atoms with van der Waals surface area (Å²) in [6.45, 7) is 2.39. The van der Waals surface area contributed by atoms with E-state index in [1.54, 1.807) is 32.0 Å². The Hall–Kier alpha value is -3.46. The van der Waals surface area contributed by atoms with Gasteiger partial charge in [-0.3, -0.25) is 14.5 Å². The summed E-state index contributed by atoms with van der Waals surface area (Å²) in [4.78, 5) is 30.9. The van der Waals surface area contributed by atoms with Crippen molar-refractivity contribution in [1.29, 1.82) is 0 Å². The molecule has 0 unspecified atom stereocenters. The van der Waals surface area contributed by atoms with E-state index in [0.29, 0.717) is 18.5 Å². The molecular weight excluding hydrogens is 643 g/mol. The number of nitrogens with one attached hydrogen (secondary N) is 2. The van der Waals surface area contributed by atoms with E-state index >= 15 is 0 Å². The lowest BCUT2D eigenvalue weighted by atomic mass is 9.85. The monoisotopic (exact) mass is 678 g/mol. The van der Waals surface area contributed by atoms with Gasteiger partial charge in [-0.1, -0.05) is 31.5 Å². The van der Waals surface area contributed by atoms with Crippen molar-refractivity contribution < 1.29 is 36.3 Å². The molecule has 2 amide bonds. The van der Waals surface area contributed by atoms with Gasteiger partial charge in [0.1, 0.15) is 5.56 Å². The molecule has 0 radical (unpaired) electrons. The van der Waals surface area contributed by atoms with Gasteiger partial charge in [0.05, 0.1) is 22.3 Å². The molecule has 9 nitrogen and oxygen atoms in total. The van der Waals surface area contributed by atoms with Crippen LogP contribution in [0, 0.1) is 11.3 Å². The molecule has 0 spiro atoms. The highest BCUT2D eigenvalue weighted by atomic mass is 35.5. The van der Waals surface area contributed by atoms with Crippen LogP contribution in [0.1, 0.15) is 61.9 Å². The van der Waals surface area contributed by atoms with Gasteiger partial charge in [0.15, 0.2) is 17.5 Å². The highest BCUT2D eigenvalue weighted by Gasteiger charge is 2.41. The van der Waals surface area contributed by atoms with Crippen LogP contribution in [0.25, 0.3) is 0 Å². The topological polar surface area (TPSA) is 136 Å². The van der Waals surface area contributed by atoms with Gasteiger partial charge in [0.25, 0.3) is 12.3 Å². The van der Waals surface area contributed by atoms with Crippen molar-refractivity contribution in [3.05, 3.63) is 40.4 Å². The van der Waals surface area contributed by atoms with Gasteiger partial charge < -0.3 is 26.8 Å². The Labute approximate surface area is 268 Å². The first kappa shape index (κ1) is 36.0. The van der Waals surface area contributed by atoms with Crippen LogP contribution >= 0.6 is 23.8 Å². The minimum atomic E-state index is -4.33. The number of thiocarbonyl (C=S) groups is 1. The van der Waals surface area contributed by atoms with Gasteiger partial charge in [-0.15, -0.1) is 0 Å². The van der Waals surface area contributed by atoms with Gasteiger partial charge >= 0.3 is 6.18 Å². The molecule has 248 valence electrons. The number of alkyl halides is 5. The minimum Gasteiger partial charge on any atom is -0.471 e. The number of carbonyl (C=O) groups excluding carboxylic acids is 2. The third kappa shape index (κ3) is 9.28. The number of benzene rings is 1. The third-order valence-corrected chi connectivity index (χ3v) is 8.24. The molecule has 0 aliphatic heterocycles. The van der Waals surface area contributed by atoms with Crippen molar-refractivity contribution in [2.24, 2.45) is 22.8 Å². The van der Waals surface area contributed by atoms with Crippen LogP contribution in [0.5, 0.6) is 5.88 Å². The predicted octanol–water partition coefficient (Wildman–Crippen LogP) is 6.10. The molecule has 16 heteroatoms. The summed E-state index contributed by atoms with van der Waals surface area (Å²) < 4.78 is 70.8. The quantitative estimate of drug-likeness (QED) is 0.156. The molecule has 2 aromatic rings. The average molecular weight is 679 g/mol. The van der Waals surface area contributed by atoms with Crippen molar-refractivity contribution in [2.75, 3.05) is 23.9 Å². The van der Waals surface area contributed by atoms with E-state index in [2.05, 4.69) is 15.6 Å². The summed E-state index contributed by atoms with van der Waals surface area (Å²) in [5.41, 5.74) is 11.8. The van der Waals surface area contributed by atoms with E-state index in [1.807, 2.05) is 0 Å². The van der Waals surface area contributed by atoms with E-state index in [0.717, 1.165) is 5.56 Å². The number of ether oxygens (including phenoxy) is 1. The van der Waals surface area contributed by atoms with Gasteiger partial charge in [-0.25, -0.2) is 8.78 Å². The number of hydrogen-bond donors (Lipinski definition) is 4. The standard InChI is InChI=1S/C29H36ClF5N6O3S/c1-28(2,26(36)43)11-10-15-4-9-19(30)20(12-15)41(27(37)45)21-13-18(25(40-23(21)38-3)44-14-22(31)32)24(42)39-17-7-5-16(6-8-17)29(33,34)35/h4,9,12-13,16-17,22H,5-8,10-11,14H2,1-3H3,(H2,36,43)(H2,37,45)(H,38,40)(H,39,42). The first-order valence-corrected chi connectivity index (χ1v) is 14.9. The van der Waals surface area contributed by atoms with E-state index in [1.165, 1.54) is 18.0 Å². The van der Waals surface area contributed by atoms with Gasteiger partial charge in [-0.05, 0) is 74.5 Å². The first-order chi connectivity index (χ1) is 20.9. The molecule has 1 aliphatic rings. The maximum atomic E-state index is 13.5. The molecule has 6 N–H and O–H groups in total. The maximum Gasteiger partial charge on any atom is 0.391 e. The van der Waals surface area contributed by atoms with Crippen LogP contribution in [0.15, 0.2) is 24.3 Å². The number of aryl methyl sites for hydroxylation is 1. The number of pyridine rings is 1. The zero-order valence-corrected chi connectivity index (χ0v) is 26.5. The number of nitrogens with two attached hydrogens (primary N) is 2. The van der Waals surface area contributed by atoms with Crippen molar-refractivity contribution in [2.45, 2.75) is 71.0 Å². The minimum absolute atomic E-state index is 0.0469. The number of anilines is 3. The lowest BCUT2D eigenvalue weighted by Gasteiger charge is -2.31. The van der Waals surface area contributed by atoms with Crippen LogP contribution in [0.3, 0.4) is 0 Å². The maximum absolute atomic E-state index is 13.5. The number of aromatic nitrogens is 1. The molecule has 1 heterocycles. The molecule has 0 bridgehead atoms. The molecule has 1 saturated carbocycles. The Morgan fingerprint density at radius 2 is 1.78 bits per heavy atom. The molecule has 1 aliphatic carbocycles. The van der Waals surface area contributed by atoms with Crippen LogP contribution < -0.4 is 31.7 Å². The van der Waals surface area contributed by atoms with Crippen molar-refractivity contribution in [1.82, 2.24) is 10.3 Å². The molecule has 1 fully saturated rings. The first-order valence-electron chi connectivity index (χ1n) is 14.1. The highest BCUT2D eigenvalue weighted by molar-refractivity contribution is 7.80. The lowest BCUT2D eigenvalue weighted by Crippen LogP contribution is -2.40. The van der Waals surface area contributed by atoms with E-state index in [9.17, 15) is 31.5 Å². The highest BCUT2D eigenvalue weighted by Crippen LogP contribution is 2.40. The molecular formula is C29H36ClF5N6O3S. The number of nitrogens with zero attached hydrogens (tertiary/aromatic N) is 2. The number of amides is 2. The summed E-state index contributed by atoms with van der Waals surface area (Å²) in [5.74, 6) is -3.09. The summed E-state index contributed by atoms with van der Waals surface area (Å²) in [7, 11) is 1.49. The third-order valence-electron chi connectivity index (χ3n) is 7.74. The van der Waals surface area contributed by atoms with Crippen LogP contribution in [-0.4, -0.2) is 54.2 Å². The zero-order chi connectivity index (χ0) is 33.7. The van der Waals surface area contributed by atoms with Gasteiger partial charge in [0, 0.05) is 18.5 Å². The summed E-state index contributed by atoms with van der Waals surface area (Å²) >= 11 is 11.9. The molecule has 0 saturated heterocycles. The second kappa shape index (κ2) is 14.8. The molecule has 45 heavy (non-hydrogen) atoms. The number of rotatable bonds is 12. The largest absolute Gasteiger partial charge is 0.471 e. The normalized spacial score (nSPS) is 17.1. The fraction of sp³-hybridized carbons (Fsp3) is 0.517. The Balaban J connectivity index is 2.03. The van der Waals surface area contributed by atoms with Gasteiger partial charge in [-0.2, -0.15) is 18.2 Å². The van der Waals surface area contributed by atoms with Crippen molar-refractivity contribution in [3.8, 4) is 5.88 Å². The molecule has 3 rings (SSSR count). The van der Waals surface area contributed by atoms with Crippen LogP contribution in [0.4, 0.5) is 39.1 Å². The number of halogens is 6. The van der Waals surface area contributed by atoms with E-state index < -0.39 is 54.3 Å².